The van der Waals surface area contributed by atoms with Gasteiger partial charge in [0.25, 0.3) is 0 Å². The lowest BCUT2D eigenvalue weighted by Crippen LogP contribution is -2.19. The molecule has 2 aromatic rings. The van der Waals surface area contributed by atoms with Crippen LogP contribution in [0.3, 0.4) is 0 Å². The van der Waals surface area contributed by atoms with E-state index in [4.69, 9.17) is 5.53 Å². The van der Waals surface area contributed by atoms with Crippen LogP contribution in [0.4, 0.5) is 14.3 Å². The standard InChI is InChI=1S/C21H22BF2N5O2S2/c1-11-18(26-13(3)20(11)32(5)30)17(15-8-7-9-16(10-15)27-28-25)19-12(2)21(33(6)31)14(4)29(19)22(23)24/h7-10H,1-6H3/b18-17-. The van der Waals surface area contributed by atoms with Crippen LogP contribution < -0.4 is 0 Å². The van der Waals surface area contributed by atoms with Crippen molar-refractivity contribution >= 4 is 46.7 Å². The van der Waals surface area contributed by atoms with Crippen molar-refractivity contribution in [3.63, 3.8) is 0 Å². The Balaban J connectivity index is 2.53. The number of halogens is 2. The fraction of sp³-hybridized carbons (Fsp3) is 0.286. The predicted molar refractivity (Wildman–Crippen MR) is 131 cm³/mol. The van der Waals surface area contributed by atoms with Gasteiger partial charge >= 0.3 is 7.40 Å². The van der Waals surface area contributed by atoms with Crippen LogP contribution in [-0.2, 0) is 22.4 Å². The van der Waals surface area contributed by atoms with Crippen molar-refractivity contribution in [3.05, 3.63) is 73.4 Å². The average molecular weight is 489 g/mol. The third-order valence-electron chi connectivity index (χ3n) is 5.47. The lowest BCUT2D eigenvalue weighted by molar-refractivity contribution is 0.598. The Morgan fingerprint density at radius 1 is 1.15 bits per heavy atom. The van der Waals surface area contributed by atoms with E-state index in [1.165, 1.54) is 19.4 Å². The van der Waals surface area contributed by atoms with Crippen LogP contribution in [0.15, 0.2) is 55.4 Å². The number of benzene rings is 1. The summed E-state index contributed by atoms with van der Waals surface area (Å²) in [6, 6.07) is 6.54. The lowest BCUT2D eigenvalue weighted by atomic mass is 9.94. The first kappa shape index (κ1) is 25.1. The molecule has 0 saturated heterocycles. The van der Waals surface area contributed by atoms with Crippen molar-refractivity contribution in [1.82, 2.24) is 4.48 Å². The number of aromatic nitrogens is 1. The third-order valence-corrected chi connectivity index (χ3v) is 7.82. The summed E-state index contributed by atoms with van der Waals surface area (Å²) < 4.78 is 54.4. The van der Waals surface area contributed by atoms with Crippen LogP contribution in [0.2, 0.25) is 0 Å². The van der Waals surface area contributed by atoms with Crippen LogP contribution in [0.1, 0.15) is 36.4 Å². The number of rotatable bonds is 6. The van der Waals surface area contributed by atoms with Gasteiger partial charge in [-0.05, 0) is 67.2 Å². The van der Waals surface area contributed by atoms with Gasteiger partial charge in [-0.25, -0.2) is 4.99 Å². The smallest absolute Gasteiger partial charge is 0.612 e. The quantitative estimate of drug-likeness (QED) is 0.177. The minimum Gasteiger partial charge on any atom is -0.612 e. The zero-order valence-electron chi connectivity index (χ0n) is 19.0. The summed E-state index contributed by atoms with van der Waals surface area (Å²) in [5.41, 5.74) is 12.4. The van der Waals surface area contributed by atoms with E-state index in [1.54, 1.807) is 45.0 Å². The number of hydrogen-bond acceptors (Lipinski definition) is 4. The molecule has 0 radical (unpaired) electrons. The highest BCUT2D eigenvalue weighted by Gasteiger charge is 2.36. The molecule has 0 fully saturated rings. The zero-order chi connectivity index (χ0) is 24.6. The molecule has 1 aromatic carbocycles. The van der Waals surface area contributed by atoms with Crippen molar-refractivity contribution in [2.45, 2.75) is 32.6 Å². The van der Waals surface area contributed by atoms with Gasteiger partial charge in [0, 0.05) is 27.3 Å². The highest BCUT2D eigenvalue weighted by molar-refractivity contribution is 7.95. The normalized spacial score (nSPS) is 17.0. The van der Waals surface area contributed by atoms with Crippen molar-refractivity contribution in [2.24, 2.45) is 10.1 Å². The topological polar surface area (TPSA) is 112 Å². The summed E-state index contributed by atoms with van der Waals surface area (Å²) in [7, 11) is -2.90. The van der Waals surface area contributed by atoms with Gasteiger partial charge in [-0.15, -0.1) is 0 Å². The van der Waals surface area contributed by atoms with Gasteiger partial charge in [0.2, 0.25) is 0 Å². The molecule has 0 bridgehead atoms. The molecule has 0 spiro atoms. The molecular formula is C21H22BF2N5O2S2. The van der Waals surface area contributed by atoms with Gasteiger partial charge in [-0.3, -0.25) is 8.63 Å². The molecule has 12 heteroatoms. The highest BCUT2D eigenvalue weighted by atomic mass is 32.2. The lowest BCUT2D eigenvalue weighted by Gasteiger charge is -2.16. The molecule has 7 nitrogen and oxygen atoms in total. The molecule has 0 amide bonds. The van der Waals surface area contributed by atoms with Gasteiger partial charge in [0.15, 0.2) is 9.80 Å². The Kier molecular flexibility index (Phi) is 7.45. The summed E-state index contributed by atoms with van der Waals surface area (Å²) in [6.07, 6.45) is 2.99. The molecular weight excluding hydrogens is 467 g/mol. The Morgan fingerprint density at radius 3 is 2.33 bits per heavy atom. The maximum atomic E-state index is 14.4. The van der Waals surface area contributed by atoms with E-state index in [0.29, 0.717) is 49.2 Å². The monoisotopic (exact) mass is 489 g/mol. The second kappa shape index (κ2) is 9.78. The Morgan fingerprint density at radius 2 is 1.82 bits per heavy atom. The van der Waals surface area contributed by atoms with E-state index < -0.39 is 29.8 Å². The van der Waals surface area contributed by atoms with Crippen LogP contribution in [0.5, 0.6) is 0 Å². The first-order valence-electron chi connectivity index (χ1n) is 9.84. The van der Waals surface area contributed by atoms with E-state index in [0.717, 1.165) is 4.48 Å². The molecule has 0 N–H and O–H groups in total. The van der Waals surface area contributed by atoms with E-state index in [1.807, 2.05) is 0 Å². The average Bonchev–Trinajstić information content (AvgIpc) is 3.15. The van der Waals surface area contributed by atoms with Crippen molar-refractivity contribution < 1.29 is 17.7 Å². The van der Waals surface area contributed by atoms with Gasteiger partial charge in [0.05, 0.1) is 22.8 Å². The summed E-state index contributed by atoms with van der Waals surface area (Å²) in [4.78, 5) is 8.30. The second-order valence-electron chi connectivity index (χ2n) is 7.56. The Hall–Kier alpha value is -2.50. The van der Waals surface area contributed by atoms with Gasteiger partial charge in [-0.1, -0.05) is 23.3 Å². The van der Waals surface area contributed by atoms with Crippen LogP contribution in [-0.4, -0.2) is 39.2 Å². The molecule has 33 heavy (non-hydrogen) atoms. The maximum absolute atomic E-state index is 14.4. The predicted octanol–water partition coefficient (Wildman–Crippen LogP) is 5.44. The highest BCUT2D eigenvalue weighted by Crippen LogP contribution is 2.42. The zero-order valence-corrected chi connectivity index (χ0v) is 20.6. The number of nitrogens with zero attached hydrogens (tertiary/aromatic N) is 5. The van der Waals surface area contributed by atoms with Crippen LogP contribution >= 0.6 is 0 Å². The van der Waals surface area contributed by atoms with Crippen molar-refractivity contribution in [3.8, 4) is 0 Å². The van der Waals surface area contributed by atoms with Crippen molar-refractivity contribution in [2.75, 3.05) is 12.5 Å². The van der Waals surface area contributed by atoms with E-state index >= 15 is 0 Å². The van der Waals surface area contributed by atoms with Gasteiger partial charge < -0.3 is 13.6 Å². The molecule has 0 aliphatic carbocycles. The Labute approximate surface area is 197 Å². The van der Waals surface area contributed by atoms with Crippen LogP contribution in [0, 0.1) is 13.8 Å². The first-order valence-corrected chi connectivity index (χ1v) is 13.0. The first-order chi connectivity index (χ1) is 15.5. The number of azide groups is 1. The van der Waals surface area contributed by atoms with Gasteiger partial charge in [-0.2, -0.15) is 0 Å². The molecule has 1 aliphatic heterocycles. The third kappa shape index (κ3) is 4.49. The molecule has 0 saturated carbocycles. The molecule has 2 unspecified atom stereocenters. The van der Waals surface area contributed by atoms with E-state index in [2.05, 4.69) is 15.0 Å². The molecule has 3 rings (SSSR count). The molecule has 1 aliphatic rings. The number of hydrogen-bond donors (Lipinski definition) is 0. The Bertz CT molecular complexity index is 1260. The fourth-order valence-corrected chi connectivity index (χ4v) is 6.35. The van der Waals surface area contributed by atoms with E-state index in [9.17, 15) is 17.7 Å². The fourth-order valence-electron chi connectivity index (χ4n) is 4.32. The van der Waals surface area contributed by atoms with Crippen LogP contribution in [0.25, 0.3) is 16.0 Å². The second-order valence-corrected chi connectivity index (χ2v) is 10.2. The van der Waals surface area contributed by atoms with E-state index in [-0.39, 0.29) is 11.4 Å². The summed E-state index contributed by atoms with van der Waals surface area (Å²) in [5.74, 6) is 0. The molecule has 1 aromatic heterocycles. The minimum atomic E-state index is -2.90. The minimum absolute atomic E-state index is 0.167. The molecule has 2 atom stereocenters. The maximum Gasteiger partial charge on any atom is 0.677 e. The number of allylic oxidation sites excluding steroid dienone is 2. The SMILES string of the molecule is CC1=N/C(=C(/c2cccc(N=[N+]=[N-])c2)c2c(C)c([S+](C)[O-])c(C)n2B(F)F)C(C)=C1[S+](C)[O-]. The largest absolute Gasteiger partial charge is 0.677 e. The molecule has 2 heterocycles. The summed E-state index contributed by atoms with van der Waals surface area (Å²) in [6.45, 7) is 6.63. The molecule has 172 valence electrons. The summed E-state index contributed by atoms with van der Waals surface area (Å²) in [5, 5.41) is 3.64. The number of aliphatic imine (C=N–C) groups is 1. The van der Waals surface area contributed by atoms with Gasteiger partial charge in [0.1, 0.15) is 12.5 Å². The summed E-state index contributed by atoms with van der Waals surface area (Å²) >= 11 is -2.85. The van der Waals surface area contributed by atoms with Crippen molar-refractivity contribution in [1.29, 1.82) is 0 Å².